The number of halogens is 1. The van der Waals surface area contributed by atoms with Gasteiger partial charge in [0.25, 0.3) is 5.91 Å². The molecule has 4 aromatic rings. The Hall–Kier alpha value is -4.03. The number of nitrogens with one attached hydrogen (secondary N) is 1. The van der Waals surface area contributed by atoms with Crippen LogP contribution in [0.2, 0.25) is 5.02 Å². The average molecular weight is 473 g/mol. The maximum absolute atomic E-state index is 12.5. The van der Waals surface area contributed by atoms with Gasteiger partial charge in [0.1, 0.15) is 19.0 Å². The largest absolute Gasteiger partial charge is 0.489 e. The molecule has 34 heavy (non-hydrogen) atoms. The number of amides is 1. The Bertz CT molecular complexity index is 1350. The van der Waals surface area contributed by atoms with E-state index in [1.54, 1.807) is 6.21 Å². The molecule has 4 aromatic carbocycles. The molecule has 0 radical (unpaired) electrons. The van der Waals surface area contributed by atoms with Crippen molar-refractivity contribution in [2.24, 2.45) is 5.10 Å². The van der Waals surface area contributed by atoms with E-state index in [4.69, 9.17) is 25.8 Å². The van der Waals surface area contributed by atoms with E-state index in [9.17, 15) is 4.79 Å². The van der Waals surface area contributed by atoms with Gasteiger partial charge in [-0.3, -0.25) is 4.79 Å². The maximum Gasteiger partial charge on any atom is 0.284 e. The smallest absolute Gasteiger partial charge is 0.284 e. The molecule has 0 spiro atoms. The Labute approximate surface area is 201 Å². The van der Waals surface area contributed by atoms with Crippen LogP contribution in [0.3, 0.4) is 0 Å². The molecular weight excluding hydrogens is 452 g/mol. The fraction of sp³-hybridized carbons (Fsp3) is 0.111. The van der Waals surface area contributed by atoms with Gasteiger partial charge in [0.05, 0.1) is 6.21 Å². The first-order valence-corrected chi connectivity index (χ1v) is 11.1. The van der Waals surface area contributed by atoms with Crippen LogP contribution in [0.4, 0.5) is 0 Å². The minimum Gasteiger partial charge on any atom is -0.489 e. The third-order valence-electron chi connectivity index (χ3n) is 5.38. The molecular formula is C27H21ClN2O4. The first-order valence-electron chi connectivity index (χ1n) is 10.8. The van der Waals surface area contributed by atoms with Crippen molar-refractivity contribution < 1.29 is 19.0 Å². The molecule has 0 bridgehead atoms. The lowest BCUT2D eigenvalue weighted by Crippen LogP contribution is -2.42. The summed E-state index contributed by atoms with van der Waals surface area (Å²) in [5.41, 5.74) is 4.24. The molecule has 0 fully saturated rings. The number of nitrogens with zero attached hydrogens (tertiary/aromatic N) is 1. The molecule has 6 nitrogen and oxygen atoms in total. The van der Waals surface area contributed by atoms with Gasteiger partial charge in [-0.05, 0) is 58.8 Å². The highest BCUT2D eigenvalue weighted by Crippen LogP contribution is 2.35. The molecule has 0 saturated heterocycles. The van der Waals surface area contributed by atoms with Crippen LogP contribution in [0.15, 0.2) is 90.0 Å². The van der Waals surface area contributed by atoms with Crippen molar-refractivity contribution in [2.75, 3.05) is 6.61 Å². The topological polar surface area (TPSA) is 69.2 Å². The second-order valence-corrected chi connectivity index (χ2v) is 8.15. The first kappa shape index (κ1) is 21.8. The fourth-order valence-corrected chi connectivity index (χ4v) is 3.74. The Morgan fingerprint density at radius 1 is 1.00 bits per heavy atom. The third kappa shape index (κ3) is 4.97. The number of hydrazone groups is 1. The van der Waals surface area contributed by atoms with Crippen molar-refractivity contribution in [2.45, 2.75) is 12.7 Å². The molecule has 1 aliphatic heterocycles. The highest BCUT2D eigenvalue weighted by atomic mass is 35.5. The lowest BCUT2D eigenvalue weighted by molar-refractivity contribution is -0.130. The highest BCUT2D eigenvalue weighted by molar-refractivity contribution is 6.31. The zero-order valence-electron chi connectivity index (χ0n) is 18.1. The Kier molecular flexibility index (Phi) is 6.31. The second kappa shape index (κ2) is 9.85. The summed E-state index contributed by atoms with van der Waals surface area (Å²) in [5, 5.41) is 6.78. The molecule has 1 amide bonds. The van der Waals surface area contributed by atoms with Gasteiger partial charge in [-0.1, -0.05) is 54.1 Å². The number of carbonyl (C=O) groups excluding carboxylic acids is 1. The van der Waals surface area contributed by atoms with Crippen molar-refractivity contribution in [1.82, 2.24) is 5.43 Å². The minimum absolute atomic E-state index is 0.115. The van der Waals surface area contributed by atoms with E-state index in [-0.39, 0.29) is 12.5 Å². The zero-order chi connectivity index (χ0) is 23.3. The van der Waals surface area contributed by atoms with Crippen LogP contribution < -0.4 is 19.6 Å². The fourth-order valence-electron chi connectivity index (χ4n) is 3.55. The monoisotopic (exact) mass is 472 g/mol. The second-order valence-electron chi connectivity index (χ2n) is 7.75. The number of hydrogen-bond acceptors (Lipinski definition) is 5. The Morgan fingerprint density at radius 2 is 1.71 bits per heavy atom. The molecule has 1 aliphatic rings. The quantitative estimate of drug-likeness (QED) is 0.303. The van der Waals surface area contributed by atoms with Crippen LogP contribution in [-0.2, 0) is 11.4 Å². The number of rotatable bonds is 6. The molecule has 170 valence electrons. The highest BCUT2D eigenvalue weighted by Gasteiger charge is 2.27. The predicted octanol–water partition coefficient (Wildman–Crippen LogP) is 5.36. The van der Waals surface area contributed by atoms with Crippen LogP contribution >= 0.6 is 11.6 Å². The van der Waals surface area contributed by atoms with Crippen molar-refractivity contribution >= 4 is 34.5 Å². The molecule has 0 aromatic heterocycles. The normalized spacial score (nSPS) is 14.8. The Morgan fingerprint density at radius 3 is 2.47 bits per heavy atom. The summed E-state index contributed by atoms with van der Waals surface area (Å²) in [4.78, 5) is 12.5. The van der Waals surface area contributed by atoms with Crippen molar-refractivity contribution in [3.63, 3.8) is 0 Å². The summed E-state index contributed by atoms with van der Waals surface area (Å²) in [7, 11) is 0. The van der Waals surface area contributed by atoms with E-state index >= 15 is 0 Å². The van der Waals surface area contributed by atoms with E-state index < -0.39 is 6.10 Å². The number of fused-ring (bicyclic) bond motifs is 2. The zero-order valence-corrected chi connectivity index (χ0v) is 18.9. The molecule has 1 N–H and O–H groups in total. The number of hydrogen-bond donors (Lipinski definition) is 1. The number of benzene rings is 4. The van der Waals surface area contributed by atoms with Gasteiger partial charge in [0, 0.05) is 10.6 Å². The molecule has 5 rings (SSSR count). The van der Waals surface area contributed by atoms with Crippen LogP contribution in [0.25, 0.3) is 10.8 Å². The lowest BCUT2D eigenvalue weighted by atomic mass is 10.1. The Balaban J connectivity index is 1.15. The third-order valence-corrected chi connectivity index (χ3v) is 5.75. The van der Waals surface area contributed by atoms with Gasteiger partial charge < -0.3 is 14.2 Å². The number of ether oxygens (including phenoxy) is 3. The molecule has 0 unspecified atom stereocenters. The van der Waals surface area contributed by atoms with Gasteiger partial charge >= 0.3 is 0 Å². The molecule has 0 saturated carbocycles. The van der Waals surface area contributed by atoms with Gasteiger partial charge in [0.15, 0.2) is 11.5 Å². The predicted molar refractivity (Wildman–Crippen MR) is 132 cm³/mol. The van der Waals surface area contributed by atoms with Gasteiger partial charge in [0.2, 0.25) is 6.10 Å². The van der Waals surface area contributed by atoms with Crippen LogP contribution in [0, 0.1) is 0 Å². The summed E-state index contributed by atoms with van der Waals surface area (Å²) in [6.45, 7) is 0.496. The van der Waals surface area contributed by atoms with E-state index in [1.165, 1.54) is 0 Å². The first-order chi connectivity index (χ1) is 16.7. The van der Waals surface area contributed by atoms with Crippen molar-refractivity contribution in [3.8, 4) is 17.2 Å². The summed E-state index contributed by atoms with van der Waals surface area (Å²) in [5.74, 6) is 1.50. The standard InChI is InChI=1S/C27H21ClN2O4/c28-23-8-4-3-7-21(23)16-32-22-11-9-18(10-12-22)15-29-30-27(31)26-17-33-24-13-19-5-1-2-6-20(19)14-25(24)34-26/h1-15,26H,16-17H2,(H,30,31)/t26-/m1/s1. The van der Waals surface area contributed by atoms with E-state index in [0.717, 1.165) is 21.9 Å². The SMILES string of the molecule is O=C(NN=Cc1ccc(OCc2ccccc2Cl)cc1)[C@H]1COc2cc3ccccc3cc2O1. The average Bonchev–Trinajstić information content (AvgIpc) is 2.87. The maximum atomic E-state index is 12.5. The summed E-state index contributed by atoms with van der Waals surface area (Å²) in [6.07, 6.45) is 0.771. The van der Waals surface area contributed by atoms with Crippen LogP contribution in [0.1, 0.15) is 11.1 Å². The molecule has 1 heterocycles. The molecule has 7 heteroatoms. The van der Waals surface area contributed by atoms with E-state index in [1.807, 2.05) is 84.9 Å². The van der Waals surface area contributed by atoms with Gasteiger partial charge in [-0.15, -0.1) is 0 Å². The van der Waals surface area contributed by atoms with Crippen LogP contribution in [-0.4, -0.2) is 24.8 Å². The van der Waals surface area contributed by atoms with Crippen molar-refractivity contribution in [1.29, 1.82) is 0 Å². The van der Waals surface area contributed by atoms with Crippen LogP contribution in [0.5, 0.6) is 17.2 Å². The van der Waals surface area contributed by atoms with E-state index in [0.29, 0.717) is 28.9 Å². The molecule has 1 atom stereocenters. The van der Waals surface area contributed by atoms with Crippen molar-refractivity contribution in [3.05, 3.63) is 101 Å². The summed E-state index contributed by atoms with van der Waals surface area (Å²) >= 11 is 6.15. The van der Waals surface area contributed by atoms with E-state index in [2.05, 4.69) is 10.5 Å². The number of carbonyl (C=O) groups is 1. The van der Waals surface area contributed by atoms with Gasteiger partial charge in [-0.2, -0.15) is 5.10 Å². The summed E-state index contributed by atoms with van der Waals surface area (Å²) < 4.78 is 17.4. The van der Waals surface area contributed by atoms with Gasteiger partial charge in [-0.25, -0.2) is 5.43 Å². The lowest BCUT2D eigenvalue weighted by Gasteiger charge is -2.25. The molecule has 0 aliphatic carbocycles. The minimum atomic E-state index is -0.786. The summed E-state index contributed by atoms with van der Waals surface area (Å²) in [6, 6.07) is 26.6.